The largest absolute Gasteiger partial charge is 0.463 e. The van der Waals surface area contributed by atoms with Gasteiger partial charge in [-0.15, -0.1) is 0 Å². The maximum atomic E-state index is 12.7. The molecule has 0 fully saturated rings. The van der Waals surface area contributed by atoms with E-state index in [0.29, 0.717) is 21.1 Å². The Hall–Kier alpha value is -2.88. The summed E-state index contributed by atoms with van der Waals surface area (Å²) in [6.45, 7) is 3.74. The van der Waals surface area contributed by atoms with Crippen molar-refractivity contribution in [2.24, 2.45) is 0 Å². The Morgan fingerprint density at radius 1 is 0.833 bits per heavy atom. The number of esters is 2. The van der Waals surface area contributed by atoms with Gasteiger partial charge in [-0.2, -0.15) is 15.0 Å². The lowest BCUT2D eigenvalue weighted by atomic mass is 10.1. The van der Waals surface area contributed by atoms with Gasteiger partial charge in [0.15, 0.2) is 6.10 Å². The molecule has 3 rings (SSSR count). The average Bonchev–Trinajstić information content (AvgIpc) is 3.33. The molecule has 9 nitrogen and oxygen atoms in total. The van der Waals surface area contributed by atoms with Crippen LogP contribution in [0.5, 0.6) is 0 Å². The van der Waals surface area contributed by atoms with Gasteiger partial charge in [0.25, 0.3) is 0 Å². The number of hydrogen-bond donors (Lipinski definition) is 1. The SMILES string of the molecule is CCCCCCCCCCCCOC(=O)C(C)OC(=O)c1ccc(Cl)c(NC(=O)Cn2nc3cc(Cl)c(Cl)cc3n2)c1. The number of unbranched alkanes of at least 4 members (excludes halogenated alkanes) is 9. The molecule has 0 saturated heterocycles. The maximum absolute atomic E-state index is 12.7. The number of carbonyl (C=O) groups excluding carboxylic acids is 3. The third-order valence-corrected chi connectivity index (χ3v) is 7.63. The summed E-state index contributed by atoms with van der Waals surface area (Å²) in [5.74, 6) is -1.84. The van der Waals surface area contributed by atoms with E-state index in [1.807, 2.05) is 0 Å². The summed E-state index contributed by atoms with van der Waals surface area (Å²) in [7, 11) is 0. The standard InChI is InChI=1S/C30H37Cl3N4O5/c1-3-4-5-6-7-8-9-10-11-12-15-41-29(39)20(2)42-30(40)21-13-14-22(31)25(16-21)34-28(38)19-37-35-26-17-23(32)24(33)18-27(26)36-37/h13-14,16-18,20H,3-12,15,19H2,1-2H3,(H,34,38). The van der Waals surface area contributed by atoms with E-state index in [1.165, 1.54) is 74.9 Å². The number of nitrogens with one attached hydrogen (secondary N) is 1. The number of rotatable bonds is 17. The zero-order valence-corrected chi connectivity index (χ0v) is 26.2. The average molecular weight is 640 g/mol. The first-order valence-corrected chi connectivity index (χ1v) is 15.5. The van der Waals surface area contributed by atoms with Crippen molar-refractivity contribution in [3.05, 3.63) is 51.0 Å². The second-order valence-electron chi connectivity index (χ2n) is 10.1. The summed E-state index contributed by atoms with van der Waals surface area (Å²) in [6, 6.07) is 7.38. The number of amides is 1. The minimum Gasteiger partial charge on any atom is -0.463 e. The van der Waals surface area contributed by atoms with E-state index in [2.05, 4.69) is 22.4 Å². The van der Waals surface area contributed by atoms with E-state index in [4.69, 9.17) is 44.3 Å². The van der Waals surface area contributed by atoms with Gasteiger partial charge in [0.2, 0.25) is 5.91 Å². The van der Waals surface area contributed by atoms with E-state index < -0.39 is 23.9 Å². The van der Waals surface area contributed by atoms with Crippen molar-refractivity contribution in [1.29, 1.82) is 0 Å². The molecule has 1 amide bonds. The van der Waals surface area contributed by atoms with Gasteiger partial charge in [-0.3, -0.25) is 4.79 Å². The highest BCUT2D eigenvalue weighted by Crippen LogP contribution is 2.26. The molecule has 0 bridgehead atoms. The van der Waals surface area contributed by atoms with Crippen molar-refractivity contribution in [3.63, 3.8) is 0 Å². The quantitative estimate of drug-likeness (QED) is 0.117. The van der Waals surface area contributed by atoms with Crippen LogP contribution in [0.15, 0.2) is 30.3 Å². The van der Waals surface area contributed by atoms with Crippen LogP contribution in [0.2, 0.25) is 15.1 Å². The first-order valence-electron chi connectivity index (χ1n) is 14.3. The van der Waals surface area contributed by atoms with Gasteiger partial charge in [-0.1, -0.05) is 99.5 Å². The van der Waals surface area contributed by atoms with Crippen LogP contribution in [0.3, 0.4) is 0 Å². The Morgan fingerprint density at radius 3 is 2.00 bits per heavy atom. The minimum absolute atomic E-state index is 0.108. The van der Waals surface area contributed by atoms with Crippen molar-refractivity contribution < 1.29 is 23.9 Å². The van der Waals surface area contributed by atoms with Crippen molar-refractivity contribution in [2.75, 3.05) is 11.9 Å². The fraction of sp³-hybridized carbons (Fsp3) is 0.500. The molecule has 42 heavy (non-hydrogen) atoms. The molecule has 0 saturated carbocycles. The predicted octanol–water partition coefficient (Wildman–Crippen LogP) is 8.04. The molecule has 0 aliphatic carbocycles. The molecule has 1 aromatic heterocycles. The van der Waals surface area contributed by atoms with Crippen LogP contribution in [-0.4, -0.2) is 45.6 Å². The Kier molecular flexibility index (Phi) is 13.8. The van der Waals surface area contributed by atoms with Crippen molar-refractivity contribution in [3.8, 4) is 0 Å². The van der Waals surface area contributed by atoms with Crippen LogP contribution in [0.25, 0.3) is 11.0 Å². The second-order valence-corrected chi connectivity index (χ2v) is 11.3. The molecule has 0 radical (unpaired) electrons. The first kappa shape index (κ1) is 33.6. The normalized spacial score (nSPS) is 11.8. The molecule has 0 spiro atoms. The van der Waals surface area contributed by atoms with E-state index in [0.717, 1.165) is 19.3 Å². The van der Waals surface area contributed by atoms with Gasteiger partial charge in [0, 0.05) is 0 Å². The molecule has 228 valence electrons. The number of hydrogen-bond acceptors (Lipinski definition) is 7. The summed E-state index contributed by atoms with van der Waals surface area (Å²) in [4.78, 5) is 38.8. The summed E-state index contributed by atoms with van der Waals surface area (Å²) >= 11 is 18.3. The lowest BCUT2D eigenvalue weighted by Gasteiger charge is -2.14. The van der Waals surface area contributed by atoms with Crippen LogP contribution in [0, 0.1) is 0 Å². The summed E-state index contributed by atoms with van der Waals surface area (Å²) in [5.41, 5.74) is 1.26. The van der Waals surface area contributed by atoms with Crippen LogP contribution in [0.4, 0.5) is 5.69 Å². The minimum atomic E-state index is -1.09. The topological polar surface area (TPSA) is 112 Å². The Labute approximate surface area is 261 Å². The highest BCUT2D eigenvalue weighted by atomic mass is 35.5. The monoisotopic (exact) mass is 638 g/mol. The number of aromatic nitrogens is 3. The molecule has 1 atom stereocenters. The lowest BCUT2D eigenvalue weighted by molar-refractivity contribution is -0.153. The van der Waals surface area contributed by atoms with Crippen LogP contribution < -0.4 is 5.32 Å². The molecule has 0 aliphatic heterocycles. The number of benzene rings is 2. The fourth-order valence-corrected chi connectivity index (χ4v) is 4.73. The Balaban J connectivity index is 1.41. The summed E-state index contributed by atoms with van der Waals surface area (Å²) in [5, 5.41) is 11.9. The zero-order chi connectivity index (χ0) is 30.5. The number of carbonyl (C=O) groups is 3. The van der Waals surface area contributed by atoms with Gasteiger partial charge in [-0.05, 0) is 43.7 Å². The smallest absolute Gasteiger partial charge is 0.347 e. The van der Waals surface area contributed by atoms with E-state index in [-0.39, 0.29) is 29.4 Å². The molecule has 1 unspecified atom stereocenters. The number of ether oxygens (including phenoxy) is 2. The van der Waals surface area contributed by atoms with E-state index >= 15 is 0 Å². The fourth-order valence-electron chi connectivity index (χ4n) is 4.25. The van der Waals surface area contributed by atoms with Gasteiger partial charge < -0.3 is 14.8 Å². The lowest BCUT2D eigenvalue weighted by Crippen LogP contribution is -2.26. The number of anilines is 1. The molecule has 1 heterocycles. The predicted molar refractivity (Wildman–Crippen MR) is 165 cm³/mol. The van der Waals surface area contributed by atoms with Crippen molar-refractivity contribution in [1.82, 2.24) is 15.0 Å². The molecule has 3 aromatic rings. The molecule has 0 aliphatic rings. The van der Waals surface area contributed by atoms with Crippen molar-refractivity contribution >= 4 is 69.4 Å². The molecule has 1 N–H and O–H groups in total. The van der Waals surface area contributed by atoms with Gasteiger partial charge >= 0.3 is 11.9 Å². The Morgan fingerprint density at radius 2 is 1.40 bits per heavy atom. The van der Waals surface area contributed by atoms with Gasteiger partial charge in [0.1, 0.15) is 17.6 Å². The van der Waals surface area contributed by atoms with E-state index in [1.54, 1.807) is 12.1 Å². The van der Waals surface area contributed by atoms with Crippen LogP contribution >= 0.6 is 34.8 Å². The third-order valence-electron chi connectivity index (χ3n) is 6.58. The number of nitrogens with zero attached hydrogens (tertiary/aromatic N) is 3. The zero-order valence-electron chi connectivity index (χ0n) is 24.0. The van der Waals surface area contributed by atoms with E-state index in [9.17, 15) is 14.4 Å². The third kappa shape index (κ3) is 10.7. The Bertz CT molecular complexity index is 1330. The highest BCUT2D eigenvalue weighted by molar-refractivity contribution is 6.42. The van der Waals surface area contributed by atoms with Crippen LogP contribution in [0.1, 0.15) is 88.4 Å². The highest BCUT2D eigenvalue weighted by Gasteiger charge is 2.21. The first-order chi connectivity index (χ1) is 20.2. The molecule has 12 heteroatoms. The molecule has 2 aromatic carbocycles. The van der Waals surface area contributed by atoms with Crippen LogP contribution in [-0.2, 0) is 25.6 Å². The second kappa shape index (κ2) is 17.3. The number of fused-ring (bicyclic) bond motifs is 1. The summed E-state index contributed by atoms with van der Waals surface area (Å²) < 4.78 is 10.6. The van der Waals surface area contributed by atoms with Gasteiger partial charge in [0.05, 0.1) is 32.9 Å². The maximum Gasteiger partial charge on any atom is 0.347 e. The van der Waals surface area contributed by atoms with Gasteiger partial charge in [-0.25, -0.2) is 9.59 Å². The summed E-state index contributed by atoms with van der Waals surface area (Å²) in [6.07, 6.45) is 10.7. The molecular weight excluding hydrogens is 603 g/mol. The number of halogens is 3. The molecular formula is C30H37Cl3N4O5. The van der Waals surface area contributed by atoms with Crippen molar-refractivity contribution in [2.45, 2.75) is 90.7 Å².